The number of hydrogen-bond acceptors (Lipinski definition) is 4. The van der Waals surface area contributed by atoms with Gasteiger partial charge in [0.05, 0.1) is 18.8 Å². The van der Waals surface area contributed by atoms with Crippen molar-refractivity contribution >= 4 is 23.6 Å². The fourth-order valence-electron chi connectivity index (χ4n) is 1.72. The lowest BCUT2D eigenvalue weighted by molar-refractivity contribution is -0.145. The van der Waals surface area contributed by atoms with Crippen molar-refractivity contribution in [2.24, 2.45) is 5.92 Å². The number of hydrogen-bond donors (Lipinski definition) is 0. The quantitative estimate of drug-likeness (QED) is 0.721. The van der Waals surface area contributed by atoms with Gasteiger partial charge in [0.1, 0.15) is 0 Å². The van der Waals surface area contributed by atoms with Gasteiger partial charge in [-0.2, -0.15) is 0 Å². The van der Waals surface area contributed by atoms with Crippen molar-refractivity contribution in [2.45, 2.75) is 31.9 Å². The third-order valence-electron chi connectivity index (χ3n) is 2.70. The molecule has 1 amide bonds. The van der Waals surface area contributed by atoms with Gasteiger partial charge in [0, 0.05) is 17.8 Å². The van der Waals surface area contributed by atoms with E-state index in [4.69, 9.17) is 4.74 Å². The molecule has 0 aromatic rings. The maximum absolute atomic E-state index is 11.9. The normalized spacial score (nSPS) is 20.5. The second kappa shape index (κ2) is 5.76. The van der Waals surface area contributed by atoms with Crippen LogP contribution in [0.1, 0.15) is 27.2 Å². The summed E-state index contributed by atoms with van der Waals surface area (Å²) in [4.78, 5) is 25.0. The van der Waals surface area contributed by atoms with Gasteiger partial charge < -0.3 is 9.64 Å². The van der Waals surface area contributed by atoms with Gasteiger partial charge in [-0.15, -0.1) is 11.8 Å². The zero-order valence-corrected chi connectivity index (χ0v) is 11.8. The van der Waals surface area contributed by atoms with Crippen LogP contribution in [-0.4, -0.2) is 47.5 Å². The SMILES string of the molecule is COC(=O)C1CCN(C(=O)CSC(C)(C)C)C1. The van der Waals surface area contributed by atoms with E-state index in [1.165, 1.54) is 7.11 Å². The molecule has 1 saturated heterocycles. The van der Waals surface area contributed by atoms with Crippen LogP contribution in [0, 0.1) is 5.92 Å². The Labute approximate surface area is 107 Å². The summed E-state index contributed by atoms with van der Waals surface area (Å²) in [6.45, 7) is 7.45. The van der Waals surface area contributed by atoms with Crippen LogP contribution in [-0.2, 0) is 14.3 Å². The minimum absolute atomic E-state index is 0.0944. The summed E-state index contributed by atoms with van der Waals surface area (Å²) in [5, 5.41) is 0. The van der Waals surface area contributed by atoms with E-state index in [1.54, 1.807) is 16.7 Å². The highest BCUT2D eigenvalue weighted by Crippen LogP contribution is 2.25. The van der Waals surface area contributed by atoms with Gasteiger partial charge in [0.15, 0.2) is 0 Å². The second-order valence-corrected chi connectivity index (χ2v) is 7.05. The van der Waals surface area contributed by atoms with Gasteiger partial charge in [-0.1, -0.05) is 20.8 Å². The molecule has 1 unspecified atom stereocenters. The van der Waals surface area contributed by atoms with E-state index in [2.05, 4.69) is 20.8 Å². The van der Waals surface area contributed by atoms with Gasteiger partial charge in [0.25, 0.3) is 0 Å². The Morgan fingerprint density at radius 1 is 1.41 bits per heavy atom. The van der Waals surface area contributed by atoms with Crippen molar-refractivity contribution in [1.29, 1.82) is 0 Å². The molecule has 1 aliphatic heterocycles. The number of carbonyl (C=O) groups excluding carboxylic acids is 2. The molecule has 17 heavy (non-hydrogen) atoms. The highest BCUT2D eigenvalue weighted by molar-refractivity contribution is 8.01. The number of methoxy groups -OCH3 is 1. The summed E-state index contributed by atoms with van der Waals surface area (Å²) in [6.07, 6.45) is 0.721. The molecule has 4 nitrogen and oxygen atoms in total. The molecule has 1 heterocycles. The smallest absolute Gasteiger partial charge is 0.310 e. The van der Waals surface area contributed by atoms with Crippen LogP contribution in [0.2, 0.25) is 0 Å². The Kier molecular flexibility index (Phi) is 4.86. The zero-order valence-electron chi connectivity index (χ0n) is 11.0. The van der Waals surface area contributed by atoms with Crippen molar-refractivity contribution < 1.29 is 14.3 Å². The van der Waals surface area contributed by atoms with Crippen molar-refractivity contribution in [3.05, 3.63) is 0 Å². The molecule has 0 spiro atoms. The average Bonchev–Trinajstić information content (AvgIpc) is 2.73. The Morgan fingerprint density at radius 2 is 2.06 bits per heavy atom. The molecule has 1 aliphatic rings. The van der Waals surface area contributed by atoms with E-state index >= 15 is 0 Å². The maximum atomic E-state index is 11.9. The van der Waals surface area contributed by atoms with E-state index in [-0.39, 0.29) is 22.5 Å². The molecular formula is C12H21NO3S. The summed E-state index contributed by atoms with van der Waals surface area (Å²) in [6, 6.07) is 0. The molecule has 0 bridgehead atoms. The topological polar surface area (TPSA) is 46.6 Å². The molecule has 5 heteroatoms. The lowest BCUT2D eigenvalue weighted by Gasteiger charge is -2.20. The summed E-state index contributed by atoms with van der Waals surface area (Å²) in [7, 11) is 1.39. The minimum atomic E-state index is -0.205. The van der Waals surface area contributed by atoms with Gasteiger partial charge in [-0.25, -0.2) is 0 Å². The van der Waals surface area contributed by atoms with Crippen LogP contribution in [0.5, 0.6) is 0 Å². The van der Waals surface area contributed by atoms with Crippen LogP contribution in [0.4, 0.5) is 0 Å². The van der Waals surface area contributed by atoms with Crippen LogP contribution in [0.15, 0.2) is 0 Å². The van der Waals surface area contributed by atoms with Crippen LogP contribution in [0.25, 0.3) is 0 Å². The summed E-state index contributed by atoms with van der Waals surface area (Å²) in [5.74, 6) is 0.265. The number of thioether (sulfide) groups is 1. The third-order valence-corrected chi connectivity index (χ3v) is 3.96. The average molecular weight is 259 g/mol. The standard InChI is InChI=1S/C12H21NO3S/c1-12(2,3)17-8-10(14)13-6-5-9(7-13)11(15)16-4/h9H,5-8H2,1-4H3. The predicted molar refractivity (Wildman–Crippen MR) is 68.9 cm³/mol. The molecule has 1 rings (SSSR count). The Balaban J connectivity index is 2.38. The number of amides is 1. The first-order valence-corrected chi connectivity index (χ1v) is 6.81. The summed E-state index contributed by atoms with van der Waals surface area (Å²) < 4.78 is 4.79. The third kappa shape index (κ3) is 4.58. The van der Waals surface area contributed by atoms with E-state index in [9.17, 15) is 9.59 Å². The van der Waals surface area contributed by atoms with Gasteiger partial charge in [-0.05, 0) is 6.42 Å². The first kappa shape index (κ1) is 14.4. The molecule has 1 fully saturated rings. The lowest BCUT2D eigenvalue weighted by atomic mass is 10.1. The molecule has 0 radical (unpaired) electrons. The Morgan fingerprint density at radius 3 is 2.59 bits per heavy atom. The maximum Gasteiger partial charge on any atom is 0.310 e. The first-order chi connectivity index (χ1) is 7.83. The van der Waals surface area contributed by atoms with Crippen LogP contribution in [0.3, 0.4) is 0 Å². The van der Waals surface area contributed by atoms with Crippen molar-refractivity contribution in [1.82, 2.24) is 4.90 Å². The number of nitrogens with zero attached hydrogens (tertiary/aromatic N) is 1. The lowest BCUT2D eigenvalue weighted by Crippen LogP contribution is -2.32. The number of rotatable bonds is 3. The summed E-state index contributed by atoms with van der Waals surface area (Å²) >= 11 is 1.64. The Hall–Kier alpha value is -0.710. The molecular weight excluding hydrogens is 238 g/mol. The van der Waals surface area contributed by atoms with Crippen molar-refractivity contribution in [3.8, 4) is 0 Å². The molecule has 0 saturated carbocycles. The van der Waals surface area contributed by atoms with Gasteiger partial charge >= 0.3 is 5.97 Å². The van der Waals surface area contributed by atoms with Gasteiger partial charge in [-0.3, -0.25) is 9.59 Å². The molecule has 0 N–H and O–H groups in total. The summed E-state index contributed by atoms with van der Waals surface area (Å²) in [5.41, 5.74) is 0. The van der Waals surface area contributed by atoms with Crippen molar-refractivity contribution in [3.63, 3.8) is 0 Å². The zero-order chi connectivity index (χ0) is 13.1. The van der Waals surface area contributed by atoms with Crippen molar-refractivity contribution in [2.75, 3.05) is 26.0 Å². The fraction of sp³-hybridized carbons (Fsp3) is 0.833. The van der Waals surface area contributed by atoms with Gasteiger partial charge in [0.2, 0.25) is 5.91 Å². The molecule has 0 aromatic carbocycles. The second-order valence-electron chi connectivity index (χ2n) is 5.25. The number of ether oxygens (including phenoxy) is 1. The van der Waals surface area contributed by atoms with E-state index in [1.807, 2.05) is 0 Å². The molecule has 0 aliphatic carbocycles. The molecule has 0 aromatic heterocycles. The monoisotopic (exact) mass is 259 g/mol. The predicted octanol–water partition coefficient (Wildman–Crippen LogP) is 1.54. The number of carbonyl (C=O) groups is 2. The highest BCUT2D eigenvalue weighted by atomic mass is 32.2. The van der Waals surface area contributed by atoms with E-state index < -0.39 is 0 Å². The number of esters is 1. The number of likely N-dealkylation sites (tertiary alicyclic amines) is 1. The fourth-order valence-corrected chi connectivity index (χ4v) is 2.45. The minimum Gasteiger partial charge on any atom is -0.469 e. The molecule has 1 atom stereocenters. The van der Waals surface area contributed by atoms with E-state index in [0.717, 1.165) is 6.42 Å². The molecule has 98 valence electrons. The van der Waals surface area contributed by atoms with Crippen LogP contribution < -0.4 is 0 Å². The highest BCUT2D eigenvalue weighted by Gasteiger charge is 2.31. The Bertz CT molecular complexity index is 299. The first-order valence-electron chi connectivity index (χ1n) is 5.83. The van der Waals surface area contributed by atoms with E-state index in [0.29, 0.717) is 18.8 Å². The van der Waals surface area contributed by atoms with Crippen LogP contribution >= 0.6 is 11.8 Å². The largest absolute Gasteiger partial charge is 0.469 e.